The summed E-state index contributed by atoms with van der Waals surface area (Å²) in [4.78, 5) is 38.7. The normalized spacial score (nSPS) is 39.0. The highest BCUT2D eigenvalue weighted by Crippen LogP contribution is 2.72. The van der Waals surface area contributed by atoms with Crippen LogP contribution in [0, 0.1) is 28.6 Å². The van der Waals surface area contributed by atoms with E-state index in [9.17, 15) is 29.7 Å². The first-order chi connectivity index (χ1) is 11.6. The standard InChI is InChI=1S/C20H28O6/c1-9(2)14(22)13-15(23)19-8-11(18(5,6)25)17(3,4)10(19)7-12(21)20(19,26)16(13)24/h9-11,24-26H,7-8H2,1-6H3. The Labute approximate surface area is 153 Å². The second-order valence-electron chi connectivity index (χ2n) is 9.67. The van der Waals surface area contributed by atoms with Crippen molar-refractivity contribution in [1.82, 2.24) is 0 Å². The van der Waals surface area contributed by atoms with E-state index < -0.39 is 62.5 Å². The summed E-state index contributed by atoms with van der Waals surface area (Å²) in [5.41, 5.74) is -6.17. The molecule has 26 heavy (non-hydrogen) atoms. The fourth-order valence-corrected chi connectivity index (χ4v) is 5.97. The van der Waals surface area contributed by atoms with Gasteiger partial charge in [0.15, 0.2) is 23.0 Å². The molecule has 4 unspecified atom stereocenters. The van der Waals surface area contributed by atoms with Gasteiger partial charge in [0, 0.05) is 12.3 Å². The molecule has 6 nitrogen and oxygen atoms in total. The molecule has 2 fully saturated rings. The van der Waals surface area contributed by atoms with Crippen molar-refractivity contribution in [2.24, 2.45) is 28.6 Å². The van der Waals surface area contributed by atoms with Gasteiger partial charge >= 0.3 is 0 Å². The summed E-state index contributed by atoms with van der Waals surface area (Å²) in [5, 5.41) is 32.7. The maximum atomic E-state index is 13.4. The molecule has 4 atom stereocenters. The van der Waals surface area contributed by atoms with Crippen LogP contribution >= 0.6 is 0 Å². The molecule has 6 heteroatoms. The van der Waals surface area contributed by atoms with Crippen LogP contribution in [-0.2, 0) is 14.4 Å². The number of carbonyl (C=O) groups excluding carboxylic acids is 3. The number of hydrogen-bond donors (Lipinski definition) is 3. The van der Waals surface area contributed by atoms with Crippen molar-refractivity contribution >= 4 is 17.3 Å². The summed E-state index contributed by atoms with van der Waals surface area (Å²) in [6.07, 6.45) is -0.0107. The number of ketones is 3. The van der Waals surface area contributed by atoms with Gasteiger partial charge in [-0.25, -0.2) is 0 Å². The molecule has 0 aromatic rings. The van der Waals surface area contributed by atoms with Crippen LogP contribution in [0.15, 0.2) is 11.3 Å². The molecule has 3 aliphatic carbocycles. The molecule has 0 heterocycles. The molecule has 0 amide bonds. The van der Waals surface area contributed by atoms with Crippen molar-refractivity contribution in [3.05, 3.63) is 11.3 Å². The largest absolute Gasteiger partial charge is 0.508 e. The van der Waals surface area contributed by atoms with E-state index >= 15 is 0 Å². The zero-order valence-corrected chi connectivity index (χ0v) is 16.2. The number of hydrogen-bond acceptors (Lipinski definition) is 6. The van der Waals surface area contributed by atoms with Gasteiger partial charge in [-0.05, 0) is 37.5 Å². The first-order valence-corrected chi connectivity index (χ1v) is 9.15. The van der Waals surface area contributed by atoms with Crippen LogP contribution in [0.3, 0.4) is 0 Å². The predicted molar refractivity (Wildman–Crippen MR) is 93.2 cm³/mol. The molecular weight excluding hydrogens is 336 g/mol. The number of carbonyl (C=O) groups is 3. The summed E-state index contributed by atoms with van der Waals surface area (Å²) in [6.45, 7) is 10.2. The van der Waals surface area contributed by atoms with Gasteiger partial charge in [-0.15, -0.1) is 0 Å². The van der Waals surface area contributed by atoms with Gasteiger partial charge in [-0.2, -0.15) is 0 Å². The Hall–Kier alpha value is -1.53. The first-order valence-electron chi connectivity index (χ1n) is 9.15. The number of Topliss-reactive ketones (excluding diaryl/α,β-unsaturated/α-hetero) is 3. The Kier molecular flexibility index (Phi) is 3.73. The van der Waals surface area contributed by atoms with Crippen LogP contribution in [-0.4, -0.2) is 43.9 Å². The van der Waals surface area contributed by atoms with E-state index in [1.54, 1.807) is 27.7 Å². The number of rotatable bonds is 3. The van der Waals surface area contributed by atoms with Gasteiger partial charge in [0.05, 0.1) is 11.0 Å². The first kappa shape index (κ1) is 19.2. The minimum atomic E-state index is -2.37. The number of aliphatic hydroxyl groups excluding tert-OH is 1. The molecule has 0 aromatic heterocycles. The van der Waals surface area contributed by atoms with E-state index in [1.165, 1.54) is 0 Å². The zero-order valence-electron chi connectivity index (χ0n) is 16.2. The van der Waals surface area contributed by atoms with Gasteiger partial charge in [0.2, 0.25) is 0 Å². The van der Waals surface area contributed by atoms with Crippen LogP contribution in [0.5, 0.6) is 0 Å². The molecule has 144 valence electrons. The summed E-state index contributed by atoms with van der Waals surface area (Å²) < 4.78 is 0. The second kappa shape index (κ2) is 5.04. The molecule has 0 aliphatic heterocycles. The third kappa shape index (κ3) is 1.87. The fourth-order valence-electron chi connectivity index (χ4n) is 5.97. The van der Waals surface area contributed by atoms with Crippen molar-refractivity contribution in [1.29, 1.82) is 0 Å². The quantitative estimate of drug-likeness (QED) is 0.658. The molecule has 1 spiro atoms. The summed E-state index contributed by atoms with van der Waals surface area (Å²) in [6, 6.07) is 0. The summed E-state index contributed by atoms with van der Waals surface area (Å²) >= 11 is 0. The van der Waals surface area contributed by atoms with E-state index in [1.807, 2.05) is 13.8 Å². The molecule has 3 rings (SSSR count). The molecular formula is C20H28O6. The number of aliphatic hydroxyl groups is 3. The van der Waals surface area contributed by atoms with E-state index in [0.29, 0.717) is 0 Å². The van der Waals surface area contributed by atoms with E-state index in [2.05, 4.69) is 0 Å². The minimum absolute atomic E-state index is 0.0498. The van der Waals surface area contributed by atoms with E-state index in [4.69, 9.17) is 0 Å². The third-order valence-electron chi connectivity index (χ3n) is 7.19. The molecule has 3 aliphatic rings. The lowest BCUT2D eigenvalue weighted by Gasteiger charge is -2.39. The molecule has 0 radical (unpaired) electrons. The molecule has 0 aromatic carbocycles. The Morgan fingerprint density at radius 1 is 1.23 bits per heavy atom. The summed E-state index contributed by atoms with van der Waals surface area (Å²) in [7, 11) is 0. The fraction of sp³-hybridized carbons (Fsp3) is 0.750. The van der Waals surface area contributed by atoms with Crippen molar-refractivity contribution in [2.75, 3.05) is 0 Å². The highest BCUT2D eigenvalue weighted by Gasteiger charge is 2.82. The Morgan fingerprint density at radius 2 is 1.77 bits per heavy atom. The predicted octanol–water partition coefficient (Wildman–Crippen LogP) is 1.73. The monoisotopic (exact) mass is 364 g/mol. The van der Waals surface area contributed by atoms with Gasteiger partial charge in [0.25, 0.3) is 0 Å². The van der Waals surface area contributed by atoms with Crippen LogP contribution in [0.4, 0.5) is 0 Å². The van der Waals surface area contributed by atoms with Crippen molar-refractivity contribution in [3.63, 3.8) is 0 Å². The topological polar surface area (TPSA) is 112 Å². The van der Waals surface area contributed by atoms with Gasteiger partial charge in [0.1, 0.15) is 11.3 Å². The summed E-state index contributed by atoms with van der Waals surface area (Å²) in [5.74, 6) is -4.13. The lowest BCUT2D eigenvalue weighted by atomic mass is 9.66. The van der Waals surface area contributed by atoms with Gasteiger partial charge < -0.3 is 15.3 Å². The third-order valence-corrected chi connectivity index (χ3v) is 7.19. The van der Waals surface area contributed by atoms with Gasteiger partial charge in [-0.1, -0.05) is 27.7 Å². The van der Waals surface area contributed by atoms with Crippen LogP contribution in [0.25, 0.3) is 0 Å². The molecule has 0 bridgehead atoms. The average molecular weight is 364 g/mol. The zero-order chi connectivity index (χ0) is 20.0. The molecule has 3 N–H and O–H groups in total. The maximum Gasteiger partial charge on any atom is 0.193 e. The maximum absolute atomic E-state index is 13.4. The van der Waals surface area contributed by atoms with Crippen LogP contribution < -0.4 is 0 Å². The van der Waals surface area contributed by atoms with Crippen LogP contribution in [0.2, 0.25) is 0 Å². The second-order valence-corrected chi connectivity index (χ2v) is 9.67. The Bertz CT molecular complexity index is 753. The Morgan fingerprint density at radius 3 is 2.23 bits per heavy atom. The molecule has 0 saturated heterocycles. The van der Waals surface area contributed by atoms with Crippen molar-refractivity contribution in [3.8, 4) is 0 Å². The van der Waals surface area contributed by atoms with Crippen molar-refractivity contribution in [2.45, 2.75) is 65.6 Å². The SMILES string of the molecule is CC(C)C(=O)C1=C(O)C2(O)C(=O)CC3C(C)(C)C(C(C)(C)O)CC32C1=O. The smallest absolute Gasteiger partial charge is 0.193 e. The average Bonchev–Trinajstić information content (AvgIpc) is 2.94. The number of allylic oxidation sites excluding steroid dienone is 1. The molecule has 2 saturated carbocycles. The lowest BCUT2D eigenvalue weighted by Crippen LogP contribution is -2.51. The Balaban J connectivity index is 2.25. The minimum Gasteiger partial charge on any atom is -0.508 e. The highest BCUT2D eigenvalue weighted by atomic mass is 16.4. The van der Waals surface area contributed by atoms with Crippen molar-refractivity contribution < 1.29 is 29.7 Å². The van der Waals surface area contributed by atoms with E-state index in [-0.39, 0.29) is 18.8 Å². The van der Waals surface area contributed by atoms with E-state index in [0.717, 1.165) is 0 Å². The lowest BCUT2D eigenvalue weighted by molar-refractivity contribution is -0.149. The highest BCUT2D eigenvalue weighted by molar-refractivity contribution is 6.29. The van der Waals surface area contributed by atoms with Gasteiger partial charge in [-0.3, -0.25) is 14.4 Å². The van der Waals surface area contributed by atoms with Crippen LogP contribution in [0.1, 0.15) is 54.4 Å².